The molecule has 1 saturated heterocycles. The maximum Gasteiger partial charge on any atom is 0.271 e. The number of morpholine rings is 1. The molecule has 3 rings (SSSR count). The second-order valence-electron chi connectivity index (χ2n) is 5.52. The van der Waals surface area contributed by atoms with Gasteiger partial charge in [-0.15, -0.1) is 0 Å². The lowest BCUT2D eigenvalue weighted by atomic mass is 10.2. The minimum absolute atomic E-state index is 0.0676. The number of nitrogens with one attached hydrogen (secondary N) is 2. The number of ether oxygens (including phenoxy) is 1. The second kappa shape index (κ2) is 6.44. The lowest BCUT2D eigenvalue weighted by Crippen LogP contribution is -2.47. The lowest BCUT2D eigenvalue weighted by Gasteiger charge is -2.32. The number of imidazole rings is 1. The normalized spacial score (nSPS) is 22.4. The van der Waals surface area contributed by atoms with Crippen molar-refractivity contribution < 1.29 is 9.53 Å². The molecule has 0 aliphatic carbocycles. The summed E-state index contributed by atoms with van der Waals surface area (Å²) in [7, 11) is 0. The van der Waals surface area contributed by atoms with Gasteiger partial charge < -0.3 is 19.9 Å². The smallest absolute Gasteiger partial charge is 0.271 e. The van der Waals surface area contributed by atoms with Gasteiger partial charge in [-0.05, 0) is 13.0 Å². The Kier molecular flexibility index (Phi) is 4.40. The Balaban J connectivity index is 1.53. The first-order valence-corrected chi connectivity index (χ1v) is 7.69. The van der Waals surface area contributed by atoms with Gasteiger partial charge in [-0.25, -0.2) is 4.98 Å². The SMILES string of the molecule is CCN1CCOC(CNC(=O)c2cn3c(n2)NCCC3)C1. The van der Waals surface area contributed by atoms with Crippen molar-refractivity contribution in [2.75, 3.05) is 44.6 Å². The van der Waals surface area contributed by atoms with Crippen LogP contribution in [0, 0.1) is 0 Å². The molecule has 7 heteroatoms. The zero-order valence-electron chi connectivity index (χ0n) is 12.5. The highest BCUT2D eigenvalue weighted by atomic mass is 16.5. The summed E-state index contributed by atoms with van der Waals surface area (Å²) >= 11 is 0. The molecule has 0 radical (unpaired) electrons. The average molecular weight is 293 g/mol. The molecule has 1 unspecified atom stereocenters. The molecule has 1 aromatic heterocycles. The number of anilines is 1. The number of fused-ring (bicyclic) bond motifs is 1. The molecule has 116 valence electrons. The van der Waals surface area contributed by atoms with Crippen LogP contribution < -0.4 is 10.6 Å². The number of nitrogens with zero attached hydrogens (tertiary/aromatic N) is 3. The molecule has 1 amide bonds. The van der Waals surface area contributed by atoms with Crippen molar-refractivity contribution in [2.45, 2.75) is 26.0 Å². The first-order chi connectivity index (χ1) is 10.3. The summed E-state index contributed by atoms with van der Waals surface area (Å²) in [6, 6.07) is 0. The summed E-state index contributed by atoms with van der Waals surface area (Å²) in [6.07, 6.45) is 2.95. The van der Waals surface area contributed by atoms with Crippen molar-refractivity contribution in [3.05, 3.63) is 11.9 Å². The highest BCUT2D eigenvalue weighted by Crippen LogP contribution is 2.14. The van der Waals surface area contributed by atoms with Crippen LogP contribution >= 0.6 is 0 Å². The molecule has 3 heterocycles. The Morgan fingerprint density at radius 1 is 1.57 bits per heavy atom. The van der Waals surface area contributed by atoms with Crippen molar-refractivity contribution in [2.24, 2.45) is 0 Å². The fraction of sp³-hybridized carbons (Fsp3) is 0.714. The van der Waals surface area contributed by atoms with Crippen LogP contribution in [-0.2, 0) is 11.3 Å². The van der Waals surface area contributed by atoms with E-state index in [0.717, 1.165) is 51.7 Å². The number of hydrogen-bond donors (Lipinski definition) is 2. The molecule has 0 bridgehead atoms. The number of amides is 1. The maximum atomic E-state index is 12.2. The molecule has 0 spiro atoms. The Morgan fingerprint density at radius 3 is 3.29 bits per heavy atom. The van der Waals surface area contributed by atoms with Gasteiger partial charge in [0.15, 0.2) is 0 Å². The van der Waals surface area contributed by atoms with Gasteiger partial charge >= 0.3 is 0 Å². The monoisotopic (exact) mass is 293 g/mol. The third-order valence-electron chi connectivity index (χ3n) is 4.03. The van der Waals surface area contributed by atoms with Gasteiger partial charge in [-0.1, -0.05) is 6.92 Å². The molecule has 21 heavy (non-hydrogen) atoms. The van der Waals surface area contributed by atoms with Crippen LogP contribution in [0.3, 0.4) is 0 Å². The molecular formula is C14H23N5O2. The molecule has 1 aromatic rings. The van der Waals surface area contributed by atoms with Crippen molar-refractivity contribution in [3.8, 4) is 0 Å². The number of aryl methyl sites for hydroxylation is 1. The van der Waals surface area contributed by atoms with Crippen molar-refractivity contribution in [3.63, 3.8) is 0 Å². The zero-order chi connectivity index (χ0) is 14.7. The molecular weight excluding hydrogens is 270 g/mol. The molecule has 2 aliphatic rings. The quantitative estimate of drug-likeness (QED) is 0.827. The third-order valence-corrected chi connectivity index (χ3v) is 4.03. The molecule has 0 aromatic carbocycles. The van der Waals surface area contributed by atoms with Crippen LogP contribution in [0.1, 0.15) is 23.8 Å². The van der Waals surface area contributed by atoms with E-state index in [-0.39, 0.29) is 12.0 Å². The van der Waals surface area contributed by atoms with Gasteiger partial charge in [0.2, 0.25) is 5.95 Å². The number of rotatable bonds is 4. The van der Waals surface area contributed by atoms with E-state index in [1.54, 1.807) is 0 Å². The number of carbonyl (C=O) groups excluding carboxylic acids is 1. The van der Waals surface area contributed by atoms with Crippen molar-refractivity contribution >= 4 is 11.9 Å². The van der Waals surface area contributed by atoms with Gasteiger partial charge in [0.1, 0.15) is 5.69 Å². The Labute approximate surface area is 124 Å². The molecule has 1 atom stereocenters. The largest absolute Gasteiger partial charge is 0.374 e. The van der Waals surface area contributed by atoms with Crippen LogP contribution in [0.25, 0.3) is 0 Å². The fourth-order valence-electron chi connectivity index (χ4n) is 2.77. The van der Waals surface area contributed by atoms with Gasteiger partial charge in [-0.3, -0.25) is 9.69 Å². The van der Waals surface area contributed by atoms with Gasteiger partial charge in [0, 0.05) is 38.9 Å². The second-order valence-corrected chi connectivity index (χ2v) is 5.52. The van der Waals surface area contributed by atoms with E-state index in [1.165, 1.54) is 0 Å². The van der Waals surface area contributed by atoms with Gasteiger partial charge in [0.05, 0.1) is 12.7 Å². The first kappa shape index (κ1) is 14.3. The Hall–Kier alpha value is -1.60. The molecule has 7 nitrogen and oxygen atoms in total. The van der Waals surface area contributed by atoms with E-state index in [0.29, 0.717) is 12.2 Å². The van der Waals surface area contributed by atoms with E-state index in [9.17, 15) is 4.79 Å². The number of carbonyl (C=O) groups is 1. The topological polar surface area (TPSA) is 71.4 Å². The molecule has 0 saturated carbocycles. The van der Waals surface area contributed by atoms with E-state index in [2.05, 4.69) is 27.4 Å². The Morgan fingerprint density at radius 2 is 2.48 bits per heavy atom. The van der Waals surface area contributed by atoms with E-state index >= 15 is 0 Å². The average Bonchev–Trinajstić information content (AvgIpc) is 2.97. The summed E-state index contributed by atoms with van der Waals surface area (Å²) in [5.74, 6) is 0.661. The van der Waals surface area contributed by atoms with E-state index < -0.39 is 0 Å². The summed E-state index contributed by atoms with van der Waals surface area (Å²) in [5, 5.41) is 6.13. The van der Waals surface area contributed by atoms with Crippen LogP contribution in [0.5, 0.6) is 0 Å². The minimum atomic E-state index is -0.129. The first-order valence-electron chi connectivity index (χ1n) is 7.69. The number of hydrogen-bond acceptors (Lipinski definition) is 5. The standard InChI is InChI=1S/C14H23N5O2/c1-2-18-6-7-21-11(9-18)8-16-13(20)12-10-19-5-3-4-15-14(19)17-12/h10-11H,2-9H2,1H3,(H,15,17)(H,16,20). The zero-order valence-corrected chi connectivity index (χ0v) is 12.5. The third kappa shape index (κ3) is 3.36. The predicted octanol–water partition coefficient (Wildman–Crippen LogP) is 0.149. The van der Waals surface area contributed by atoms with Crippen molar-refractivity contribution in [1.29, 1.82) is 0 Å². The van der Waals surface area contributed by atoms with Gasteiger partial charge in [0.25, 0.3) is 5.91 Å². The van der Waals surface area contributed by atoms with Gasteiger partial charge in [-0.2, -0.15) is 0 Å². The highest BCUT2D eigenvalue weighted by molar-refractivity contribution is 5.92. The van der Waals surface area contributed by atoms with Crippen LogP contribution in [-0.4, -0.2) is 65.8 Å². The van der Waals surface area contributed by atoms with Crippen LogP contribution in [0.15, 0.2) is 6.20 Å². The highest BCUT2D eigenvalue weighted by Gasteiger charge is 2.21. The van der Waals surface area contributed by atoms with Crippen molar-refractivity contribution in [1.82, 2.24) is 19.8 Å². The molecule has 2 aliphatic heterocycles. The maximum absolute atomic E-state index is 12.2. The number of aromatic nitrogens is 2. The summed E-state index contributed by atoms with van der Waals surface area (Å²) in [4.78, 5) is 18.8. The predicted molar refractivity (Wildman–Crippen MR) is 79.5 cm³/mol. The fourth-order valence-corrected chi connectivity index (χ4v) is 2.77. The summed E-state index contributed by atoms with van der Waals surface area (Å²) in [6.45, 7) is 8.11. The minimum Gasteiger partial charge on any atom is -0.374 e. The molecule has 2 N–H and O–H groups in total. The van der Waals surface area contributed by atoms with E-state index in [4.69, 9.17) is 4.74 Å². The van der Waals surface area contributed by atoms with Crippen LogP contribution in [0.2, 0.25) is 0 Å². The summed E-state index contributed by atoms with van der Waals surface area (Å²) in [5.41, 5.74) is 0.475. The number of likely N-dealkylation sites (N-methyl/N-ethyl adjacent to an activating group) is 1. The van der Waals surface area contributed by atoms with Crippen LogP contribution in [0.4, 0.5) is 5.95 Å². The van der Waals surface area contributed by atoms with E-state index in [1.807, 2.05) is 10.8 Å². The summed E-state index contributed by atoms with van der Waals surface area (Å²) < 4.78 is 7.68. The molecule has 1 fully saturated rings. The lowest BCUT2D eigenvalue weighted by molar-refractivity contribution is -0.0246. The Bertz CT molecular complexity index is 478.